The summed E-state index contributed by atoms with van der Waals surface area (Å²) in [6, 6.07) is 5.67. The van der Waals surface area contributed by atoms with Gasteiger partial charge in [-0.25, -0.2) is 21.6 Å². The summed E-state index contributed by atoms with van der Waals surface area (Å²) in [6.45, 7) is 7.75. The normalized spacial score (nSPS) is 12.6. The average molecular weight is 377 g/mol. The number of hydrogen-bond donors (Lipinski definition) is 1. The van der Waals surface area contributed by atoms with E-state index in [4.69, 9.17) is 0 Å². The van der Waals surface area contributed by atoms with Crippen LogP contribution in [0.15, 0.2) is 18.2 Å². The van der Waals surface area contributed by atoms with E-state index >= 15 is 0 Å². The summed E-state index contributed by atoms with van der Waals surface area (Å²) in [6.07, 6.45) is 1.66. The first-order valence-corrected chi connectivity index (χ1v) is 11.5. The summed E-state index contributed by atoms with van der Waals surface area (Å²) >= 11 is 0. The minimum absolute atomic E-state index is 0.0352. The first kappa shape index (κ1) is 20.9. The monoisotopic (exact) mass is 376 g/mol. The fourth-order valence-corrected chi connectivity index (χ4v) is 4.66. The summed E-state index contributed by atoms with van der Waals surface area (Å²) in [4.78, 5) is 0. The van der Waals surface area contributed by atoms with Crippen molar-refractivity contribution in [2.24, 2.45) is 0 Å². The topological polar surface area (TPSA) is 83.6 Å². The van der Waals surface area contributed by atoms with Crippen molar-refractivity contribution in [1.82, 2.24) is 4.72 Å². The summed E-state index contributed by atoms with van der Waals surface area (Å²) in [5.41, 5.74) is 2.42. The molecule has 0 bridgehead atoms. The maximum Gasteiger partial charge on any atom is 0.232 e. The van der Waals surface area contributed by atoms with Gasteiger partial charge in [-0.05, 0) is 30.4 Å². The van der Waals surface area contributed by atoms with Crippen LogP contribution in [0.1, 0.15) is 44.2 Å². The molecule has 1 N–H and O–H groups in total. The summed E-state index contributed by atoms with van der Waals surface area (Å²) in [5.74, 6) is 0.189. The van der Waals surface area contributed by atoms with Gasteiger partial charge in [0.05, 0.1) is 17.7 Å². The molecule has 0 aliphatic carbocycles. The van der Waals surface area contributed by atoms with Crippen LogP contribution in [0.25, 0.3) is 0 Å². The maximum atomic E-state index is 12.3. The number of rotatable bonds is 9. The van der Waals surface area contributed by atoms with Crippen molar-refractivity contribution < 1.29 is 16.8 Å². The Balaban J connectivity index is 3.14. The van der Waals surface area contributed by atoms with E-state index in [9.17, 15) is 16.8 Å². The van der Waals surface area contributed by atoms with E-state index in [-0.39, 0.29) is 24.8 Å². The third-order valence-electron chi connectivity index (χ3n) is 3.65. The zero-order valence-corrected chi connectivity index (χ0v) is 16.7. The summed E-state index contributed by atoms with van der Waals surface area (Å²) in [5, 5.41) is 0. The lowest BCUT2D eigenvalue weighted by Gasteiger charge is -2.28. The van der Waals surface area contributed by atoms with Gasteiger partial charge in [-0.15, -0.1) is 0 Å². The summed E-state index contributed by atoms with van der Waals surface area (Å²) < 4.78 is 51.9. The van der Waals surface area contributed by atoms with E-state index in [2.05, 4.69) is 4.72 Å². The van der Waals surface area contributed by atoms with Gasteiger partial charge in [0.15, 0.2) is 0 Å². The van der Waals surface area contributed by atoms with Crippen LogP contribution in [0.4, 0.5) is 5.69 Å². The van der Waals surface area contributed by atoms with Crippen molar-refractivity contribution in [3.8, 4) is 0 Å². The SMILES string of the molecule is CCCS(=O)(=O)NCCN(c1c(C)cccc1C(C)C)S(C)(=O)=O. The van der Waals surface area contributed by atoms with Crippen LogP contribution in [-0.4, -0.2) is 41.9 Å². The van der Waals surface area contributed by atoms with Gasteiger partial charge in [0.1, 0.15) is 0 Å². The Labute approximate surface area is 146 Å². The highest BCUT2D eigenvalue weighted by molar-refractivity contribution is 7.92. The van der Waals surface area contributed by atoms with Crippen molar-refractivity contribution in [1.29, 1.82) is 0 Å². The lowest BCUT2D eigenvalue weighted by atomic mass is 9.98. The molecule has 8 heteroatoms. The maximum absolute atomic E-state index is 12.3. The van der Waals surface area contributed by atoms with Gasteiger partial charge in [0.2, 0.25) is 20.0 Å². The Morgan fingerprint density at radius 1 is 1.17 bits per heavy atom. The minimum atomic E-state index is -3.53. The number of para-hydroxylation sites is 1. The average Bonchev–Trinajstić information content (AvgIpc) is 2.42. The van der Waals surface area contributed by atoms with Crippen LogP contribution in [0.3, 0.4) is 0 Å². The molecule has 0 unspecified atom stereocenters. The largest absolute Gasteiger partial charge is 0.269 e. The van der Waals surface area contributed by atoms with Gasteiger partial charge in [-0.2, -0.15) is 0 Å². The molecule has 24 heavy (non-hydrogen) atoms. The number of aryl methyl sites for hydroxylation is 1. The first-order chi connectivity index (χ1) is 11.0. The number of anilines is 1. The summed E-state index contributed by atoms with van der Waals surface area (Å²) in [7, 11) is -6.89. The van der Waals surface area contributed by atoms with Crippen LogP contribution in [-0.2, 0) is 20.0 Å². The quantitative estimate of drug-likeness (QED) is 0.716. The fourth-order valence-electron chi connectivity index (χ4n) is 2.58. The molecule has 0 spiro atoms. The smallest absolute Gasteiger partial charge is 0.232 e. The van der Waals surface area contributed by atoms with Crippen molar-refractivity contribution >= 4 is 25.7 Å². The number of benzene rings is 1. The van der Waals surface area contributed by atoms with Gasteiger partial charge in [-0.3, -0.25) is 4.31 Å². The number of nitrogens with zero attached hydrogens (tertiary/aromatic N) is 1. The molecule has 1 aromatic rings. The predicted molar refractivity (Wildman–Crippen MR) is 99.5 cm³/mol. The van der Waals surface area contributed by atoms with E-state index < -0.39 is 20.0 Å². The molecule has 0 atom stereocenters. The Morgan fingerprint density at radius 2 is 1.79 bits per heavy atom. The molecular weight excluding hydrogens is 348 g/mol. The molecule has 0 aromatic heterocycles. The molecule has 1 rings (SSSR count). The number of nitrogens with one attached hydrogen (secondary N) is 1. The lowest BCUT2D eigenvalue weighted by Crippen LogP contribution is -2.39. The molecule has 1 aromatic carbocycles. The van der Waals surface area contributed by atoms with E-state index in [1.807, 2.05) is 39.0 Å². The van der Waals surface area contributed by atoms with Gasteiger partial charge in [0, 0.05) is 13.1 Å². The molecule has 138 valence electrons. The molecule has 0 fully saturated rings. The van der Waals surface area contributed by atoms with E-state index in [0.717, 1.165) is 17.4 Å². The van der Waals surface area contributed by atoms with Crippen LogP contribution >= 0.6 is 0 Å². The standard InChI is InChI=1S/C16H28N2O4S2/c1-6-12-24(21,22)17-10-11-18(23(5,19)20)16-14(4)8-7-9-15(16)13(2)3/h7-9,13,17H,6,10-12H2,1-5H3. The van der Waals surface area contributed by atoms with Crippen molar-refractivity contribution in [3.63, 3.8) is 0 Å². The molecule has 0 heterocycles. The second kappa shape index (κ2) is 8.31. The zero-order chi connectivity index (χ0) is 18.5. The van der Waals surface area contributed by atoms with Crippen molar-refractivity contribution in [2.45, 2.75) is 40.0 Å². The third kappa shape index (κ3) is 5.75. The molecular formula is C16H28N2O4S2. The highest BCUT2D eigenvalue weighted by Crippen LogP contribution is 2.32. The molecule has 0 saturated heterocycles. The second-order valence-electron chi connectivity index (χ2n) is 6.22. The Kier molecular flexibility index (Phi) is 7.25. The van der Waals surface area contributed by atoms with Gasteiger partial charge < -0.3 is 0 Å². The molecule has 6 nitrogen and oxygen atoms in total. The van der Waals surface area contributed by atoms with Gasteiger partial charge >= 0.3 is 0 Å². The molecule has 0 radical (unpaired) electrons. The van der Waals surface area contributed by atoms with E-state index in [1.165, 1.54) is 4.31 Å². The van der Waals surface area contributed by atoms with Gasteiger partial charge in [-0.1, -0.05) is 39.0 Å². The number of hydrogen-bond acceptors (Lipinski definition) is 4. The van der Waals surface area contributed by atoms with Crippen LogP contribution in [0, 0.1) is 6.92 Å². The van der Waals surface area contributed by atoms with Crippen LogP contribution in [0.2, 0.25) is 0 Å². The van der Waals surface area contributed by atoms with Gasteiger partial charge in [0.25, 0.3) is 0 Å². The van der Waals surface area contributed by atoms with Crippen molar-refractivity contribution in [3.05, 3.63) is 29.3 Å². The van der Waals surface area contributed by atoms with Crippen LogP contribution in [0.5, 0.6) is 0 Å². The highest BCUT2D eigenvalue weighted by Gasteiger charge is 2.23. The molecule has 0 saturated carbocycles. The Hall–Kier alpha value is -1.12. The molecule has 0 aliphatic heterocycles. The van der Waals surface area contributed by atoms with E-state index in [0.29, 0.717) is 12.1 Å². The second-order valence-corrected chi connectivity index (χ2v) is 10.0. The Morgan fingerprint density at radius 3 is 2.29 bits per heavy atom. The zero-order valence-electron chi connectivity index (χ0n) is 15.0. The van der Waals surface area contributed by atoms with E-state index in [1.54, 1.807) is 6.92 Å². The number of sulfonamides is 2. The van der Waals surface area contributed by atoms with Crippen molar-refractivity contribution in [2.75, 3.05) is 29.4 Å². The van der Waals surface area contributed by atoms with Crippen LogP contribution < -0.4 is 9.03 Å². The molecule has 0 amide bonds. The highest BCUT2D eigenvalue weighted by atomic mass is 32.2. The fraction of sp³-hybridized carbons (Fsp3) is 0.625. The first-order valence-electron chi connectivity index (χ1n) is 8.04. The predicted octanol–water partition coefficient (Wildman–Crippen LogP) is 2.21. The lowest BCUT2D eigenvalue weighted by molar-refractivity contribution is 0.577. The molecule has 0 aliphatic rings. The Bertz CT molecular complexity index is 756. The minimum Gasteiger partial charge on any atom is -0.269 e. The third-order valence-corrected chi connectivity index (χ3v) is 6.41.